The van der Waals surface area contributed by atoms with Crippen molar-refractivity contribution in [2.75, 3.05) is 27.5 Å². The number of benzene rings is 2. The van der Waals surface area contributed by atoms with Crippen molar-refractivity contribution in [2.45, 2.75) is 134 Å². The Hall–Kier alpha value is -2.57. The molecule has 1 amide bonds. The molecule has 2 bridgehead atoms. The molecule has 4 aliphatic heterocycles. The van der Waals surface area contributed by atoms with E-state index >= 15 is 0 Å². The summed E-state index contributed by atoms with van der Waals surface area (Å²) in [4.78, 5) is 31.8. The number of esters is 1. The van der Waals surface area contributed by atoms with Crippen molar-refractivity contribution < 1.29 is 77.7 Å². The molecule has 54 heavy (non-hydrogen) atoms. The third-order valence-electron chi connectivity index (χ3n) is 13.4. The molecule has 1 radical (unpaired) electrons. The standard InChI is InChI=1S/C42H54N4O7.Ac/c1-23-15-27-18-29-31(20-43)46-30(37(45(29)3)35(27)42(39(23)50-4)53-34(48)17-26-13-9-6-10-14-26)19-28-36(41-40(51-22-52-41)24(2)38(28)49)32(46)21-44-33(47)16-25-11-7-5-8-12-25;/h15,25-26,29-32,37,49H,5-14,16-19,21-22H2,1-4H3,(H,44,47);/t29-,30?,31-,32-,37-;/m0./s1. The van der Waals surface area contributed by atoms with Gasteiger partial charge in [-0.05, 0) is 82.4 Å². The van der Waals surface area contributed by atoms with Gasteiger partial charge in [-0.2, -0.15) is 5.26 Å². The number of carbonyl (C=O) groups is 2. The molecule has 4 heterocycles. The molecular weight excluding hydrogens is 899 g/mol. The molecule has 2 aliphatic carbocycles. The van der Waals surface area contributed by atoms with Crippen LogP contribution in [0, 0.1) is 81.1 Å². The van der Waals surface area contributed by atoms with Gasteiger partial charge >= 0.3 is 5.97 Å². The summed E-state index contributed by atoms with van der Waals surface area (Å²) >= 11 is 0. The zero-order chi connectivity index (χ0) is 37.0. The number of phenolic OH excluding ortho intramolecular Hbond substituents is 1. The maximum atomic E-state index is 13.7. The molecule has 2 aromatic rings. The zero-order valence-corrected chi connectivity index (χ0v) is 37.0. The maximum absolute atomic E-state index is 13.7. The number of phenols is 1. The van der Waals surface area contributed by atoms with Gasteiger partial charge in [0, 0.05) is 97.8 Å². The molecule has 3 fully saturated rings. The van der Waals surface area contributed by atoms with Gasteiger partial charge in [0.1, 0.15) is 11.8 Å². The largest absolute Gasteiger partial charge is 0.507 e. The summed E-state index contributed by atoms with van der Waals surface area (Å²) < 4.78 is 24.5. The summed E-state index contributed by atoms with van der Waals surface area (Å²) in [5.41, 5.74) is 4.96. The Morgan fingerprint density at radius 1 is 0.944 bits per heavy atom. The number of aromatic hydroxyl groups is 1. The molecule has 12 heteroatoms. The van der Waals surface area contributed by atoms with Crippen molar-refractivity contribution in [1.82, 2.24) is 15.1 Å². The van der Waals surface area contributed by atoms with Crippen molar-refractivity contribution in [3.05, 3.63) is 39.4 Å². The number of methoxy groups -OCH3 is 1. The summed E-state index contributed by atoms with van der Waals surface area (Å²) in [6, 6.07) is 2.99. The minimum absolute atomic E-state index is 0. The normalized spacial score (nSPS) is 26.4. The Bertz CT molecular complexity index is 1820. The fraction of sp³-hybridized carbons (Fsp3) is 0.643. The van der Waals surface area contributed by atoms with Crippen molar-refractivity contribution in [1.29, 1.82) is 5.26 Å². The van der Waals surface area contributed by atoms with Gasteiger partial charge in [0.2, 0.25) is 12.7 Å². The van der Waals surface area contributed by atoms with E-state index in [9.17, 15) is 20.0 Å². The van der Waals surface area contributed by atoms with Gasteiger partial charge < -0.3 is 29.4 Å². The molecule has 8 rings (SSSR count). The number of amides is 1. The third kappa shape index (κ3) is 7.03. The number of rotatable bonds is 8. The van der Waals surface area contributed by atoms with Crippen LogP contribution in [0.5, 0.6) is 28.7 Å². The first kappa shape index (κ1) is 39.7. The molecule has 2 N–H and O–H groups in total. The number of likely N-dealkylation sites (N-methyl/N-ethyl adjacent to an activating group) is 1. The van der Waals surface area contributed by atoms with E-state index in [4.69, 9.17) is 18.9 Å². The smallest absolute Gasteiger partial charge is 0.311 e. The molecular formula is C42H54AcN4O7. The average Bonchev–Trinajstić information content (AvgIpc) is 3.64. The first-order valence-electron chi connectivity index (χ1n) is 19.9. The number of fused-ring (bicyclic) bond motifs is 9. The van der Waals surface area contributed by atoms with Crippen LogP contribution in [0.3, 0.4) is 0 Å². The molecule has 5 atom stereocenters. The van der Waals surface area contributed by atoms with Crippen LogP contribution in [-0.2, 0) is 22.4 Å². The van der Waals surface area contributed by atoms with Gasteiger partial charge in [0.05, 0.1) is 25.3 Å². The number of nitriles is 1. The minimum atomic E-state index is -0.538. The van der Waals surface area contributed by atoms with Crippen molar-refractivity contribution in [3.63, 3.8) is 0 Å². The number of aryl methyl sites for hydroxylation is 1. The van der Waals surface area contributed by atoms with Crippen molar-refractivity contribution >= 4 is 11.9 Å². The maximum Gasteiger partial charge on any atom is 0.311 e. The van der Waals surface area contributed by atoms with Crippen LogP contribution >= 0.6 is 0 Å². The minimum Gasteiger partial charge on any atom is -0.507 e. The van der Waals surface area contributed by atoms with Crippen LogP contribution in [0.2, 0.25) is 0 Å². The van der Waals surface area contributed by atoms with E-state index in [2.05, 4.69) is 34.3 Å². The van der Waals surface area contributed by atoms with E-state index in [1.54, 1.807) is 7.11 Å². The summed E-state index contributed by atoms with van der Waals surface area (Å²) in [5, 5.41) is 26.2. The number of carbonyl (C=O) groups excluding carboxylic acids is 2. The van der Waals surface area contributed by atoms with Gasteiger partial charge in [-0.3, -0.25) is 19.4 Å². The van der Waals surface area contributed by atoms with Crippen LogP contribution in [0.15, 0.2) is 6.07 Å². The number of ether oxygens (including phenoxy) is 4. The van der Waals surface area contributed by atoms with Crippen LogP contribution in [-0.4, -0.2) is 72.4 Å². The van der Waals surface area contributed by atoms with E-state index in [0.717, 1.165) is 79.2 Å². The van der Waals surface area contributed by atoms with Crippen LogP contribution in [0.4, 0.5) is 0 Å². The second-order valence-corrected chi connectivity index (χ2v) is 16.4. The van der Waals surface area contributed by atoms with Crippen LogP contribution < -0.4 is 24.3 Å². The Balaban J connectivity index is 0.00000450. The Morgan fingerprint density at radius 3 is 2.28 bits per heavy atom. The van der Waals surface area contributed by atoms with Gasteiger partial charge in [-0.1, -0.05) is 44.6 Å². The van der Waals surface area contributed by atoms with E-state index in [-0.39, 0.29) is 93.2 Å². The predicted octanol–water partition coefficient (Wildman–Crippen LogP) is 6.48. The number of hydrogen-bond donors (Lipinski definition) is 2. The number of nitrogens with one attached hydrogen (secondary N) is 1. The summed E-state index contributed by atoms with van der Waals surface area (Å²) in [7, 11) is 3.68. The third-order valence-corrected chi connectivity index (χ3v) is 13.4. The van der Waals surface area contributed by atoms with Crippen LogP contribution in [0.25, 0.3) is 0 Å². The molecule has 1 saturated heterocycles. The van der Waals surface area contributed by atoms with E-state index in [0.29, 0.717) is 66.1 Å². The molecule has 2 aromatic carbocycles. The topological polar surface area (TPSA) is 134 Å². The Morgan fingerprint density at radius 2 is 1.61 bits per heavy atom. The molecule has 1 unspecified atom stereocenters. The molecule has 2 saturated carbocycles. The quantitative estimate of drug-likeness (QED) is 0.224. The van der Waals surface area contributed by atoms with E-state index in [1.807, 2.05) is 13.8 Å². The Kier molecular flexibility index (Phi) is 12.1. The van der Waals surface area contributed by atoms with Gasteiger partial charge in [0.25, 0.3) is 0 Å². The van der Waals surface area contributed by atoms with Gasteiger partial charge in [0.15, 0.2) is 23.0 Å². The SMILES string of the molecule is COc1c(C)cc2c(c1OC(=O)CC1CCCCC1)[C@@H]1C3Cc4c(O)c(C)c5c(c4[C@H](CNC(=O)CC4CCCCC4)N3[C@@H](C#N)[C@H](C2)N1C)OCO5.[Ac]. The second-order valence-electron chi connectivity index (χ2n) is 16.4. The summed E-state index contributed by atoms with van der Waals surface area (Å²) in [5.74, 6) is 2.71. The van der Waals surface area contributed by atoms with Crippen molar-refractivity contribution in [3.8, 4) is 34.8 Å². The number of hydrogen-bond acceptors (Lipinski definition) is 10. The molecule has 11 nitrogen and oxygen atoms in total. The second kappa shape index (κ2) is 16.5. The molecule has 0 aromatic heterocycles. The number of piperazine rings is 1. The van der Waals surface area contributed by atoms with Crippen LogP contribution in [0.1, 0.15) is 123 Å². The average molecular weight is 954 g/mol. The monoisotopic (exact) mass is 953 g/mol. The molecule has 6 aliphatic rings. The number of nitrogens with zero attached hydrogens (tertiary/aromatic N) is 3. The molecule has 287 valence electrons. The Labute approximate surface area is 354 Å². The van der Waals surface area contributed by atoms with Gasteiger partial charge in [-0.25, -0.2) is 0 Å². The summed E-state index contributed by atoms with van der Waals surface area (Å²) in [6.07, 6.45) is 13.1. The predicted molar refractivity (Wildman–Crippen MR) is 197 cm³/mol. The molecule has 0 spiro atoms. The first-order chi connectivity index (χ1) is 25.7. The first-order valence-corrected chi connectivity index (χ1v) is 19.9. The zero-order valence-electron chi connectivity index (χ0n) is 32.2. The van der Waals surface area contributed by atoms with Gasteiger partial charge in [-0.15, -0.1) is 0 Å². The van der Waals surface area contributed by atoms with E-state index in [1.165, 1.54) is 12.8 Å². The van der Waals surface area contributed by atoms with Crippen molar-refractivity contribution in [2.24, 2.45) is 11.8 Å². The summed E-state index contributed by atoms with van der Waals surface area (Å²) in [6.45, 7) is 4.10. The van der Waals surface area contributed by atoms with E-state index < -0.39 is 12.1 Å². The fourth-order valence-electron chi connectivity index (χ4n) is 10.8. The fourth-order valence-corrected chi connectivity index (χ4v) is 10.8.